The quantitative estimate of drug-likeness (QED) is 0.799. The van der Waals surface area contributed by atoms with Gasteiger partial charge >= 0.3 is 6.36 Å². The van der Waals surface area contributed by atoms with Crippen LogP contribution in [-0.4, -0.2) is 26.9 Å². The maximum atomic E-state index is 11.9. The monoisotopic (exact) mass is 271 g/mol. The number of alkyl halides is 3. The summed E-state index contributed by atoms with van der Waals surface area (Å²) in [5, 5.41) is 3.76. The molecule has 0 aliphatic rings. The number of benzene rings is 1. The van der Waals surface area contributed by atoms with Crippen LogP contribution in [0.5, 0.6) is 5.75 Å². The lowest BCUT2D eigenvalue weighted by Gasteiger charge is -2.08. The van der Waals surface area contributed by atoms with Crippen molar-refractivity contribution in [3.05, 3.63) is 42.5 Å². The van der Waals surface area contributed by atoms with Crippen LogP contribution in [0, 0.1) is 0 Å². The van der Waals surface area contributed by atoms with Crippen LogP contribution >= 0.6 is 0 Å². The molecule has 0 N–H and O–H groups in total. The molecule has 0 fully saturated rings. The van der Waals surface area contributed by atoms with Crippen molar-refractivity contribution in [1.82, 2.24) is 14.8 Å². The van der Waals surface area contributed by atoms with Crippen molar-refractivity contribution in [3.8, 4) is 5.75 Å². The Morgan fingerprint density at radius 1 is 1.26 bits per heavy atom. The van der Waals surface area contributed by atoms with Crippen LogP contribution in [-0.2, 0) is 6.54 Å². The van der Waals surface area contributed by atoms with E-state index >= 15 is 0 Å². The van der Waals surface area contributed by atoms with Crippen molar-refractivity contribution < 1.29 is 22.7 Å². The molecule has 100 valence electrons. The highest BCUT2D eigenvalue weighted by Crippen LogP contribution is 2.22. The van der Waals surface area contributed by atoms with Gasteiger partial charge in [-0.15, -0.1) is 13.2 Å². The number of Topliss-reactive ketones (excluding diaryl/α,β-unsaturated/α-hetero) is 1. The molecule has 0 radical (unpaired) electrons. The molecule has 0 saturated heterocycles. The van der Waals surface area contributed by atoms with Crippen molar-refractivity contribution in [2.24, 2.45) is 0 Å². The first-order valence-electron chi connectivity index (χ1n) is 5.15. The average molecular weight is 271 g/mol. The lowest BCUT2D eigenvalue weighted by Crippen LogP contribution is -2.17. The van der Waals surface area contributed by atoms with Crippen LogP contribution in [0.2, 0.25) is 0 Å². The van der Waals surface area contributed by atoms with Crippen molar-refractivity contribution >= 4 is 5.78 Å². The Balaban J connectivity index is 2.04. The van der Waals surface area contributed by atoms with E-state index in [1.807, 2.05) is 0 Å². The third kappa shape index (κ3) is 3.80. The molecule has 0 aliphatic heterocycles. The number of carbonyl (C=O) groups is 1. The van der Waals surface area contributed by atoms with E-state index in [9.17, 15) is 18.0 Å². The van der Waals surface area contributed by atoms with Gasteiger partial charge in [0.05, 0.1) is 0 Å². The predicted octanol–water partition coefficient (Wildman–Crippen LogP) is 2.06. The summed E-state index contributed by atoms with van der Waals surface area (Å²) in [5.41, 5.74) is 0.269. The first kappa shape index (κ1) is 13.1. The van der Waals surface area contributed by atoms with Crippen molar-refractivity contribution in [1.29, 1.82) is 0 Å². The van der Waals surface area contributed by atoms with E-state index in [1.54, 1.807) is 0 Å². The molecular formula is C11H8F3N3O2. The van der Waals surface area contributed by atoms with Crippen LogP contribution in [0.3, 0.4) is 0 Å². The highest BCUT2D eigenvalue weighted by atomic mass is 19.4. The van der Waals surface area contributed by atoms with Gasteiger partial charge in [0.1, 0.15) is 24.9 Å². The largest absolute Gasteiger partial charge is 0.573 e. The Bertz CT molecular complexity index is 550. The zero-order valence-corrected chi connectivity index (χ0v) is 9.46. The third-order valence-corrected chi connectivity index (χ3v) is 2.18. The molecule has 5 nitrogen and oxygen atoms in total. The van der Waals surface area contributed by atoms with E-state index in [1.165, 1.54) is 29.5 Å². The molecule has 1 aromatic carbocycles. The number of halogens is 3. The zero-order chi connectivity index (χ0) is 13.9. The normalized spacial score (nSPS) is 11.3. The number of ether oxygens (including phenoxy) is 1. The van der Waals surface area contributed by atoms with Crippen LogP contribution in [0.4, 0.5) is 13.2 Å². The number of carbonyl (C=O) groups excluding carboxylic acids is 1. The van der Waals surface area contributed by atoms with Gasteiger partial charge < -0.3 is 4.74 Å². The Kier molecular flexibility index (Phi) is 3.50. The number of hydrogen-bond acceptors (Lipinski definition) is 4. The average Bonchev–Trinajstić information content (AvgIpc) is 2.80. The van der Waals surface area contributed by atoms with Gasteiger partial charge in [0.2, 0.25) is 0 Å². The van der Waals surface area contributed by atoms with Gasteiger partial charge in [-0.25, -0.2) is 9.67 Å². The Morgan fingerprint density at radius 2 is 1.95 bits per heavy atom. The molecule has 0 amide bonds. The maximum Gasteiger partial charge on any atom is 0.573 e. The van der Waals surface area contributed by atoms with Gasteiger partial charge in [0.15, 0.2) is 5.78 Å². The van der Waals surface area contributed by atoms with E-state index in [2.05, 4.69) is 14.8 Å². The summed E-state index contributed by atoms with van der Waals surface area (Å²) in [6, 6.07) is 4.70. The number of rotatable bonds is 4. The minimum atomic E-state index is -4.74. The molecule has 0 spiro atoms. The zero-order valence-electron chi connectivity index (χ0n) is 9.46. The number of aromatic nitrogens is 3. The smallest absolute Gasteiger partial charge is 0.406 e. The third-order valence-electron chi connectivity index (χ3n) is 2.18. The minimum Gasteiger partial charge on any atom is -0.406 e. The SMILES string of the molecule is O=C(Cn1cncn1)c1ccc(OC(F)(F)F)cc1. The van der Waals surface area contributed by atoms with E-state index in [0.717, 1.165) is 12.1 Å². The Labute approximate surface area is 105 Å². The second-order valence-electron chi connectivity index (χ2n) is 3.59. The molecule has 0 bridgehead atoms. The van der Waals surface area contributed by atoms with Gasteiger partial charge in [-0.3, -0.25) is 4.79 Å². The van der Waals surface area contributed by atoms with Gasteiger partial charge in [0.25, 0.3) is 0 Å². The molecular weight excluding hydrogens is 263 g/mol. The van der Waals surface area contributed by atoms with Gasteiger partial charge in [-0.2, -0.15) is 5.10 Å². The highest BCUT2D eigenvalue weighted by Gasteiger charge is 2.31. The van der Waals surface area contributed by atoms with Crippen molar-refractivity contribution in [3.63, 3.8) is 0 Å². The summed E-state index contributed by atoms with van der Waals surface area (Å²) in [6.07, 6.45) is -2.08. The number of ketones is 1. The lowest BCUT2D eigenvalue weighted by atomic mass is 10.1. The summed E-state index contributed by atoms with van der Waals surface area (Å²) in [6.45, 7) is -0.0283. The van der Waals surface area contributed by atoms with Crippen molar-refractivity contribution in [2.45, 2.75) is 12.9 Å². The fraction of sp³-hybridized carbons (Fsp3) is 0.182. The lowest BCUT2D eigenvalue weighted by molar-refractivity contribution is -0.274. The summed E-state index contributed by atoms with van der Waals surface area (Å²) in [4.78, 5) is 15.4. The number of nitrogens with zero attached hydrogens (tertiary/aromatic N) is 3. The van der Waals surface area contributed by atoms with E-state index in [0.29, 0.717) is 0 Å². The molecule has 8 heteroatoms. The van der Waals surface area contributed by atoms with Crippen LogP contribution in [0.25, 0.3) is 0 Å². The van der Waals surface area contributed by atoms with E-state index < -0.39 is 6.36 Å². The van der Waals surface area contributed by atoms with Crippen molar-refractivity contribution in [2.75, 3.05) is 0 Å². The highest BCUT2D eigenvalue weighted by molar-refractivity contribution is 5.95. The molecule has 0 atom stereocenters. The fourth-order valence-electron chi connectivity index (χ4n) is 1.40. The summed E-state index contributed by atoms with van der Waals surface area (Å²) >= 11 is 0. The molecule has 19 heavy (non-hydrogen) atoms. The molecule has 0 saturated carbocycles. The Morgan fingerprint density at radius 3 is 2.47 bits per heavy atom. The van der Waals surface area contributed by atoms with Crippen LogP contribution in [0.15, 0.2) is 36.9 Å². The molecule has 0 unspecified atom stereocenters. The van der Waals surface area contributed by atoms with Gasteiger partial charge in [-0.05, 0) is 24.3 Å². The predicted molar refractivity (Wildman–Crippen MR) is 57.5 cm³/mol. The summed E-state index contributed by atoms with van der Waals surface area (Å²) in [5.74, 6) is -0.658. The first-order chi connectivity index (χ1) is 8.94. The Hall–Kier alpha value is -2.38. The van der Waals surface area contributed by atoms with E-state index in [4.69, 9.17) is 0 Å². The molecule has 0 aliphatic carbocycles. The second kappa shape index (κ2) is 5.09. The maximum absolute atomic E-state index is 11.9. The molecule has 2 aromatic rings. The second-order valence-corrected chi connectivity index (χ2v) is 3.59. The number of hydrogen-bond donors (Lipinski definition) is 0. The first-order valence-corrected chi connectivity index (χ1v) is 5.15. The van der Waals surface area contributed by atoms with Gasteiger partial charge in [-0.1, -0.05) is 0 Å². The van der Waals surface area contributed by atoms with Gasteiger partial charge in [0, 0.05) is 5.56 Å². The molecule has 1 heterocycles. The van der Waals surface area contributed by atoms with E-state index in [-0.39, 0.29) is 23.6 Å². The van der Waals surface area contributed by atoms with Crippen LogP contribution in [0.1, 0.15) is 10.4 Å². The molecule has 1 aromatic heterocycles. The minimum absolute atomic E-state index is 0.0283. The van der Waals surface area contributed by atoms with Crippen LogP contribution < -0.4 is 4.74 Å². The standard InChI is InChI=1S/C11H8F3N3O2/c12-11(13,14)19-9-3-1-8(2-4-9)10(18)5-17-7-15-6-16-17/h1-4,6-7H,5H2. The molecule has 2 rings (SSSR count). The fourth-order valence-corrected chi connectivity index (χ4v) is 1.40. The topological polar surface area (TPSA) is 57.0 Å². The summed E-state index contributed by atoms with van der Waals surface area (Å²) < 4.78 is 40.9. The summed E-state index contributed by atoms with van der Waals surface area (Å²) in [7, 11) is 0.